The zero-order chi connectivity index (χ0) is 26.0. The van der Waals surface area contributed by atoms with Gasteiger partial charge in [0.25, 0.3) is 5.56 Å². The number of halogens is 1. The molecule has 0 aliphatic carbocycles. The fourth-order valence-electron chi connectivity index (χ4n) is 3.41. The summed E-state index contributed by atoms with van der Waals surface area (Å²) in [7, 11) is 1.65. The molecule has 12 nitrogen and oxygen atoms in total. The summed E-state index contributed by atoms with van der Waals surface area (Å²) in [4.78, 5) is 28.8. The monoisotopic (exact) mass is 616 g/mol. The second-order valence-electron chi connectivity index (χ2n) is 10.2. The second kappa shape index (κ2) is 11.0. The number of hydrogen-bond acceptors (Lipinski definition) is 7. The first-order chi connectivity index (χ1) is 16.3. The van der Waals surface area contributed by atoms with Crippen LogP contribution in [0.3, 0.4) is 0 Å². The van der Waals surface area contributed by atoms with Crippen LogP contribution in [-0.2, 0) is 13.9 Å². The van der Waals surface area contributed by atoms with Gasteiger partial charge < -0.3 is 23.4 Å². The minimum atomic E-state index is -2.02. The number of fused-ring (bicyclic) bond motifs is 1. The molecular formula is C21H33IN8O4Si. The van der Waals surface area contributed by atoms with E-state index in [1.807, 2.05) is 24.9 Å². The predicted molar refractivity (Wildman–Crippen MR) is 145 cm³/mol. The van der Waals surface area contributed by atoms with E-state index in [1.54, 1.807) is 11.2 Å². The summed E-state index contributed by atoms with van der Waals surface area (Å²) >= 11 is 2.12. The maximum atomic E-state index is 12.8. The Labute approximate surface area is 218 Å². The lowest BCUT2D eigenvalue weighted by Crippen LogP contribution is -2.44. The molecule has 0 unspecified atom stereocenters. The summed E-state index contributed by atoms with van der Waals surface area (Å²) in [5.41, 5.74) is 8.87. The Morgan fingerprint density at radius 3 is 2.80 bits per heavy atom. The Hall–Kier alpha value is -1.97. The number of aromatic nitrogens is 3. The number of rotatable bonds is 9. The number of hydrogen-bond donors (Lipinski definition) is 1. The number of nitrogens with one attached hydrogen (secondary N) is 1. The van der Waals surface area contributed by atoms with Crippen molar-refractivity contribution in [2.24, 2.45) is 10.1 Å². The lowest BCUT2D eigenvalue weighted by Gasteiger charge is -2.37. The number of aliphatic imine (C=N–C) groups is 1. The molecule has 3 atom stereocenters. The quantitative estimate of drug-likeness (QED) is 0.0836. The first-order valence-electron chi connectivity index (χ1n) is 11.3. The van der Waals surface area contributed by atoms with E-state index in [1.165, 1.54) is 0 Å². The Morgan fingerprint density at radius 1 is 1.46 bits per heavy atom. The van der Waals surface area contributed by atoms with Crippen LogP contribution in [0.2, 0.25) is 18.1 Å². The van der Waals surface area contributed by atoms with Crippen LogP contribution in [0.1, 0.15) is 33.4 Å². The minimum absolute atomic E-state index is 0.0492. The van der Waals surface area contributed by atoms with Crippen molar-refractivity contribution in [3.8, 4) is 0 Å². The lowest BCUT2D eigenvalue weighted by molar-refractivity contribution is -0.0568. The Morgan fingerprint density at radius 2 is 2.17 bits per heavy atom. The number of H-pyrrole nitrogens is 1. The van der Waals surface area contributed by atoms with Gasteiger partial charge in [0.15, 0.2) is 14.0 Å². The zero-order valence-electron chi connectivity index (χ0n) is 21.1. The van der Waals surface area contributed by atoms with Gasteiger partial charge in [-0.1, -0.05) is 25.9 Å². The van der Waals surface area contributed by atoms with E-state index in [-0.39, 0.29) is 35.5 Å². The van der Waals surface area contributed by atoms with Crippen LogP contribution in [0.15, 0.2) is 21.1 Å². The van der Waals surface area contributed by atoms with Gasteiger partial charge in [-0.3, -0.25) is 9.78 Å². The Kier molecular flexibility index (Phi) is 8.65. The average molecular weight is 617 g/mol. The summed E-state index contributed by atoms with van der Waals surface area (Å²) in [6.45, 7) is 11.2. The molecule has 3 heterocycles. The van der Waals surface area contributed by atoms with E-state index in [2.05, 4.69) is 81.4 Å². The van der Waals surface area contributed by atoms with Crippen LogP contribution >= 0.6 is 22.6 Å². The molecule has 1 saturated heterocycles. The molecule has 35 heavy (non-hydrogen) atoms. The van der Waals surface area contributed by atoms with Gasteiger partial charge in [-0.05, 0) is 46.3 Å². The first kappa shape index (κ1) is 27.6. The van der Waals surface area contributed by atoms with E-state index in [9.17, 15) is 4.79 Å². The summed E-state index contributed by atoms with van der Waals surface area (Å²) in [5.74, 6) is 0.207. The normalized spacial score (nSPS) is 21.1. The molecule has 1 aliphatic heterocycles. The maximum absolute atomic E-state index is 12.8. The fourth-order valence-corrected chi connectivity index (χ4v) is 5.21. The molecule has 14 heteroatoms. The van der Waals surface area contributed by atoms with Crippen LogP contribution < -0.4 is 5.56 Å². The van der Waals surface area contributed by atoms with Crippen molar-refractivity contribution >= 4 is 54.2 Å². The molecule has 2 aromatic rings. The Balaban J connectivity index is 1.92. The minimum Gasteiger partial charge on any atom is -0.414 e. The molecule has 1 fully saturated rings. The molecule has 0 aromatic carbocycles. The molecule has 0 spiro atoms. The number of nitrogens with zero attached hydrogens (tertiary/aromatic N) is 7. The molecule has 2 aromatic heterocycles. The van der Waals surface area contributed by atoms with Crippen LogP contribution in [0.4, 0.5) is 5.95 Å². The van der Waals surface area contributed by atoms with Gasteiger partial charge in [0.2, 0.25) is 5.95 Å². The maximum Gasteiger partial charge on any atom is 0.262 e. The van der Waals surface area contributed by atoms with Gasteiger partial charge in [0, 0.05) is 35.2 Å². The molecule has 0 amide bonds. The molecule has 3 rings (SSSR count). The van der Waals surface area contributed by atoms with Crippen LogP contribution in [0, 0.1) is 3.57 Å². The van der Waals surface area contributed by atoms with Crippen molar-refractivity contribution in [1.29, 1.82) is 0 Å². The van der Waals surface area contributed by atoms with Crippen molar-refractivity contribution in [3.63, 3.8) is 0 Å². The van der Waals surface area contributed by atoms with Crippen LogP contribution in [0.5, 0.6) is 0 Å². The largest absolute Gasteiger partial charge is 0.414 e. The van der Waals surface area contributed by atoms with Gasteiger partial charge in [0.1, 0.15) is 19.1 Å². The third-order valence-electron chi connectivity index (χ3n) is 6.35. The highest BCUT2D eigenvalue weighted by Gasteiger charge is 2.42. The molecule has 1 aliphatic rings. The topological polar surface area (TPSA) is 143 Å². The number of ether oxygens (including phenoxy) is 2. The molecule has 192 valence electrons. The number of aromatic amines is 1. The standard InChI is InChI=1S/C21H33IN8O4Si/c1-21(2,3)35(6,7)33-10-15-14(32-12-25-28-23)8-16(34-15)30-9-13(22)17-18(30)26-20(27-19(17)31)24-11-29(4)5/h9,11,14-16H,8,10,12H2,1-7H3,(H,26,27,31)/t14-,15-,16-/m1/s1. The third kappa shape index (κ3) is 6.43. The van der Waals surface area contributed by atoms with Crippen LogP contribution in [-0.4, -0.2) is 73.7 Å². The SMILES string of the molecule is CN(C)C=Nc1nc2c(c(I)cn2[C@H]2C[C@@H](OCN=[N+]=[N-])[C@@H](CO[Si](C)(C)C(C)(C)C)O2)c(=O)[nH]1. The van der Waals surface area contributed by atoms with Gasteiger partial charge in [-0.15, -0.1) is 0 Å². The zero-order valence-corrected chi connectivity index (χ0v) is 24.3. The summed E-state index contributed by atoms with van der Waals surface area (Å²) < 4.78 is 21.3. The highest BCUT2D eigenvalue weighted by atomic mass is 127. The third-order valence-corrected chi connectivity index (χ3v) is 11.7. The Bertz CT molecular complexity index is 1180. The van der Waals surface area contributed by atoms with Crippen molar-refractivity contribution in [2.45, 2.75) is 63.8 Å². The fraction of sp³-hybridized carbons (Fsp3) is 0.667. The first-order valence-corrected chi connectivity index (χ1v) is 15.3. The van der Waals surface area contributed by atoms with Gasteiger partial charge in [-0.25, -0.2) is 4.99 Å². The van der Waals surface area contributed by atoms with E-state index < -0.39 is 14.5 Å². The van der Waals surface area contributed by atoms with E-state index in [4.69, 9.17) is 19.4 Å². The molecule has 0 radical (unpaired) electrons. The van der Waals surface area contributed by atoms with E-state index in [0.717, 1.165) is 3.57 Å². The highest BCUT2D eigenvalue weighted by Crippen LogP contribution is 2.39. The van der Waals surface area contributed by atoms with Gasteiger partial charge in [0.05, 0.1) is 24.4 Å². The molecule has 1 N–H and O–H groups in total. The summed E-state index contributed by atoms with van der Waals surface area (Å²) in [5, 5.41) is 4.04. The van der Waals surface area contributed by atoms with Crippen molar-refractivity contribution in [2.75, 3.05) is 27.4 Å². The summed E-state index contributed by atoms with van der Waals surface area (Å²) in [6, 6.07) is 0. The molecule has 0 bridgehead atoms. The lowest BCUT2D eigenvalue weighted by atomic mass is 10.2. The van der Waals surface area contributed by atoms with Crippen LogP contribution in [0.25, 0.3) is 21.5 Å². The molecular weight excluding hydrogens is 583 g/mol. The summed E-state index contributed by atoms with van der Waals surface area (Å²) in [6.07, 6.45) is 2.74. The smallest absolute Gasteiger partial charge is 0.262 e. The van der Waals surface area contributed by atoms with Crippen molar-refractivity contribution in [1.82, 2.24) is 19.4 Å². The van der Waals surface area contributed by atoms with Crippen molar-refractivity contribution in [3.05, 3.63) is 30.6 Å². The molecule has 0 saturated carbocycles. The van der Waals surface area contributed by atoms with E-state index >= 15 is 0 Å². The second-order valence-corrected chi connectivity index (χ2v) is 16.2. The predicted octanol–water partition coefficient (Wildman–Crippen LogP) is 4.51. The van der Waals surface area contributed by atoms with Gasteiger partial charge in [-0.2, -0.15) is 4.98 Å². The van der Waals surface area contributed by atoms with Crippen molar-refractivity contribution < 1.29 is 13.9 Å². The average Bonchev–Trinajstić information content (AvgIpc) is 3.31. The number of azide groups is 1. The van der Waals surface area contributed by atoms with Gasteiger partial charge >= 0.3 is 0 Å². The van der Waals surface area contributed by atoms with E-state index in [0.29, 0.717) is 24.1 Å². The highest BCUT2D eigenvalue weighted by molar-refractivity contribution is 14.1.